The highest BCUT2D eigenvalue weighted by Crippen LogP contribution is 2.19. The summed E-state index contributed by atoms with van der Waals surface area (Å²) in [5.74, 6) is 0. The first-order chi connectivity index (χ1) is 7.74. The van der Waals surface area contributed by atoms with Crippen molar-refractivity contribution < 1.29 is 13.5 Å². The molecule has 0 radical (unpaired) electrons. The lowest BCUT2D eigenvalue weighted by atomic mass is 10.1. The lowest BCUT2D eigenvalue weighted by molar-refractivity contribution is 0.151. The zero-order chi connectivity index (χ0) is 11.8. The zero-order valence-electron chi connectivity index (χ0n) is 9.59. The number of alkyl halides is 2. The van der Waals surface area contributed by atoms with E-state index in [2.05, 4.69) is 0 Å². The first-order valence-corrected chi connectivity index (χ1v) is 5.60. The predicted molar refractivity (Wildman–Crippen MR) is 60.8 cm³/mol. The highest BCUT2D eigenvalue weighted by Gasteiger charge is 2.05. The van der Waals surface area contributed by atoms with E-state index in [1.807, 2.05) is 0 Å². The third-order valence-corrected chi connectivity index (χ3v) is 2.55. The number of hydrogen-bond acceptors (Lipinski definition) is 1. The molecule has 0 saturated carbocycles. The third-order valence-electron chi connectivity index (χ3n) is 2.55. The molecule has 0 bridgehead atoms. The molecule has 0 atom stereocenters. The number of hydrogen-bond donors (Lipinski definition) is 0. The van der Waals surface area contributed by atoms with Crippen LogP contribution in [0.2, 0.25) is 0 Å². The van der Waals surface area contributed by atoms with Gasteiger partial charge in [0.25, 0.3) is 6.43 Å². The molecule has 0 aliphatic carbocycles. The maximum atomic E-state index is 12.3. The molecule has 0 aliphatic rings. The predicted octanol–water partition coefficient (Wildman–Crippen LogP) is 3.98. The summed E-state index contributed by atoms with van der Waals surface area (Å²) in [6.07, 6.45) is 1.84. The van der Waals surface area contributed by atoms with E-state index in [1.54, 1.807) is 19.2 Å². The number of ether oxygens (including phenoxy) is 1. The van der Waals surface area contributed by atoms with Crippen LogP contribution in [0.4, 0.5) is 8.78 Å². The minimum absolute atomic E-state index is 0.100. The molecular weight excluding hydrogens is 210 g/mol. The van der Waals surface area contributed by atoms with Gasteiger partial charge in [-0.15, -0.1) is 0 Å². The van der Waals surface area contributed by atoms with Gasteiger partial charge in [0, 0.05) is 19.3 Å². The number of rotatable bonds is 7. The van der Waals surface area contributed by atoms with Gasteiger partial charge >= 0.3 is 0 Å². The monoisotopic (exact) mass is 228 g/mol. The van der Waals surface area contributed by atoms with Crippen molar-refractivity contribution >= 4 is 0 Å². The number of aryl methyl sites for hydroxylation is 1. The van der Waals surface area contributed by atoms with E-state index in [0.29, 0.717) is 0 Å². The minimum Gasteiger partial charge on any atom is -0.385 e. The van der Waals surface area contributed by atoms with E-state index in [0.717, 1.165) is 37.9 Å². The topological polar surface area (TPSA) is 9.23 Å². The molecule has 0 aliphatic heterocycles. The van der Waals surface area contributed by atoms with Crippen molar-refractivity contribution in [1.82, 2.24) is 0 Å². The zero-order valence-corrected chi connectivity index (χ0v) is 9.59. The molecule has 0 fully saturated rings. The van der Waals surface area contributed by atoms with Crippen LogP contribution in [0.5, 0.6) is 0 Å². The SMILES string of the molecule is COCCCCCc1ccc(C(F)F)cc1. The molecule has 1 nitrogen and oxygen atoms in total. The molecule has 0 spiro atoms. The van der Waals surface area contributed by atoms with Gasteiger partial charge in [-0.25, -0.2) is 8.78 Å². The van der Waals surface area contributed by atoms with Crippen LogP contribution in [0.25, 0.3) is 0 Å². The normalized spacial score (nSPS) is 11.0. The Bertz CT molecular complexity index is 282. The molecular formula is C13H18F2O. The van der Waals surface area contributed by atoms with Crippen LogP contribution in [0.1, 0.15) is 36.8 Å². The standard InChI is InChI=1S/C13H18F2O/c1-16-10-4-2-3-5-11-6-8-12(9-7-11)13(14)15/h6-9,13H,2-5,10H2,1H3. The van der Waals surface area contributed by atoms with Crippen LogP contribution in [0, 0.1) is 0 Å². The summed E-state index contributed by atoms with van der Waals surface area (Å²) in [6.45, 7) is 0.796. The molecule has 1 aromatic rings. The summed E-state index contributed by atoms with van der Waals surface area (Å²) < 4.78 is 29.5. The fourth-order valence-electron chi connectivity index (χ4n) is 1.58. The van der Waals surface area contributed by atoms with Gasteiger partial charge in [0.15, 0.2) is 0 Å². The molecule has 1 aromatic carbocycles. The van der Waals surface area contributed by atoms with Crippen molar-refractivity contribution in [2.75, 3.05) is 13.7 Å². The van der Waals surface area contributed by atoms with Gasteiger partial charge in [-0.05, 0) is 24.8 Å². The van der Waals surface area contributed by atoms with Gasteiger partial charge in [0.1, 0.15) is 0 Å². The second kappa shape index (κ2) is 7.34. The fourth-order valence-corrected chi connectivity index (χ4v) is 1.58. The molecule has 0 unspecified atom stereocenters. The van der Waals surface area contributed by atoms with E-state index in [9.17, 15) is 8.78 Å². The molecule has 0 saturated heterocycles. The summed E-state index contributed by atoms with van der Waals surface area (Å²) in [6, 6.07) is 6.60. The Morgan fingerprint density at radius 2 is 1.75 bits per heavy atom. The summed E-state index contributed by atoms with van der Waals surface area (Å²) in [5, 5.41) is 0. The van der Waals surface area contributed by atoms with Crippen molar-refractivity contribution in [3.63, 3.8) is 0 Å². The van der Waals surface area contributed by atoms with Gasteiger partial charge in [-0.2, -0.15) is 0 Å². The van der Waals surface area contributed by atoms with Gasteiger partial charge in [0.2, 0.25) is 0 Å². The molecule has 0 amide bonds. The van der Waals surface area contributed by atoms with E-state index >= 15 is 0 Å². The Labute approximate surface area is 95.4 Å². The smallest absolute Gasteiger partial charge is 0.263 e. The van der Waals surface area contributed by atoms with Crippen LogP contribution in [0.3, 0.4) is 0 Å². The van der Waals surface area contributed by atoms with Crippen LogP contribution in [-0.4, -0.2) is 13.7 Å². The highest BCUT2D eigenvalue weighted by atomic mass is 19.3. The Morgan fingerprint density at radius 1 is 1.06 bits per heavy atom. The summed E-state index contributed by atoms with van der Waals surface area (Å²) >= 11 is 0. The Morgan fingerprint density at radius 3 is 2.31 bits per heavy atom. The summed E-state index contributed by atoms with van der Waals surface area (Å²) in [5.41, 5.74) is 1.23. The molecule has 90 valence electrons. The average Bonchev–Trinajstić information content (AvgIpc) is 2.29. The minimum atomic E-state index is -2.37. The summed E-state index contributed by atoms with van der Waals surface area (Å²) in [7, 11) is 1.70. The second-order valence-electron chi connectivity index (χ2n) is 3.85. The lowest BCUT2D eigenvalue weighted by Crippen LogP contribution is -1.91. The van der Waals surface area contributed by atoms with Crippen molar-refractivity contribution in [2.45, 2.75) is 32.1 Å². The van der Waals surface area contributed by atoms with Crippen molar-refractivity contribution in [1.29, 1.82) is 0 Å². The van der Waals surface area contributed by atoms with Crippen molar-refractivity contribution in [3.8, 4) is 0 Å². The Hall–Kier alpha value is -0.960. The number of halogens is 2. The van der Waals surface area contributed by atoms with E-state index in [4.69, 9.17) is 4.74 Å². The highest BCUT2D eigenvalue weighted by molar-refractivity contribution is 5.23. The van der Waals surface area contributed by atoms with Crippen molar-refractivity contribution in [2.24, 2.45) is 0 Å². The number of benzene rings is 1. The van der Waals surface area contributed by atoms with E-state index < -0.39 is 6.43 Å². The second-order valence-corrected chi connectivity index (χ2v) is 3.85. The van der Waals surface area contributed by atoms with Crippen LogP contribution in [0.15, 0.2) is 24.3 Å². The Kier molecular flexibility index (Phi) is 6.01. The van der Waals surface area contributed by atoms with Gasteiger partial charge in [-0.3, -0.25) is 0 Å². The van der Waals surface area contributed by atoms with Crippen LogP contribution >= 0.6 is 0 Å². The van der Waals surface area contributed by atoms with Crippen molar-refractivity contribution in [3.05, 3.63) is 35.4 Å². The molecule has 0 N–H and O–H groups in total. The van der Waals surface area contributed by atoms with Gasteiger partial charge in [0.05, 0.1) is 0 Å². The first-order valence-electron chi connectivity index (χ1n) is 5.60. The average molecular weight is 228 g/mol. The number of unbranched alkanes of at least 4 members (excludes halogenated alkanes) is 2. The quantitative estimate of drug-likeness (QED) is 0.641. The number of methoxy groups -OCH3 is 1. The molecule has 0 heterocycles. The lowest BCUT2D eigenvalue weighted by Gasteiger charge is -2.03. The van der Waals surface area contributed by atoms with Crippen LogP contribution in [-0.2, 0) is 11.2 Å². The van der Waals surface area contributed by atoms with Gasteiger partial charge < -0.3 is 4.74 Å². The molecule has 1 rings (SSSR count). The third kappa shape index (κ3) is 4.71. The van der Waals surface area contributed by atoms with Gasteiger partial charge in [-0.1, -0.05) is 30.7 Å². The van der Waals surface area contributed by atoms with E-state index in [-0.39, 0.29) is 5.56 Å². The molecule has 16 heavy (non-hydrogen) atoms. The Balaban J connectivity index is 2.27. The maximum absolute atomic E-state index is 12.3. The molecule has 3 heteroatoms. The fraction of sp³-hybridized carbons (Fsp3) is 0.538. The van der Waals surface area contributed by atoms with Crippen LogP contribution < -0.4 is 0 Å². The maximum Gasteiger partial charge on any atom is 0.263 e. The van der Waals surface area contributed by atoms with E-state index in [1.165, 1.54) is 12.1 Å². The molecule has 0 aromatic heterocycles. The summed E-state index contributed by atoms with van der Waals surface area (Å²) in [4.78, 5) is 0. The largest absolute Gasteiger partial charge is 0.385 e. The first kappa shape index (κ1) is 13.1.